The highest BCUT2D eigenvalue weighted by Crippen LogP contribution is 2.18. The van der Waals surface area contributed by atoms with Crippen LogP contribution >= 0.6 is 0 Å². The summed E-state index contributed by atoms with van der Waals surface area (Å²) in [6, 6.07) is 0. The second-order valence-corrected chi connectivity index (χ2v) is 5.44. The number of aliphatic carboxylic acids is 1. The molecule has 5 heteroatoms. The van der Waals surface area contributed by atoms with E-state index in [2.05, 4.69) is 0 Å². The second-order valence-electron chi connectivity index (χ2n) is 5.44. The van der Waals surface area contributed by atoms with Gasteiger partial charge in [-0.25, -0.2) is 4.79 Å². The number of hydrogen-bond donors (Lipinski definition) is 0. The molecule has 0 spiro atoms. The lowest BCUT2D eigenvalue weighted by Crippen LogP contribution is -2.43. The van der Waals surface area contributed by atoms with Gasteiger partial charge < -0.3 is 19.5 Å². The summed E-state index contributed by atoms with van der Waals surface area (Å²) < 4.78 is 5.23. The Balaban J connectivity index is 2.62. The molecule has 1 aliphatic rings. The van der Waals surface area contributed by atoms with Crippen LogP contribution in [0.25, 0.3) is 0 Å². The van der Waals surface area contributed by atoms with Crippen LogP contribution in [0.2, 0.25) is 0 Å². The maximum Gasteiger partial charge on any atom is 0.410 e. The SMILES string of the molecule is CC(C)(C)OC(=O)N1CCCCC(C(=O)[O-])C1. The summed E-state index contributed by atoms with van der Waals surface area (Å²) in [6.45, 7) is 6.12. The molecule has 0 N–H and O–H groups in total. The molecule has 0 aromatic rings. The number of rotatable bonds is 1. The van der Waals surface area contributed by atoms with Crippen LogP contribution in [0.15, 0.2) is 0 Å². The number of carboxylic acids is 1. The summed E-state index contributed by atoms with van der Waals surface area (Å²) in [5, 5.41) is 10.9. The van der Waals surface area contributed by atoms with Crippen LogP contribution in [0, 0.1) is 5.92 Å². The average molecular weight is 242 g/mol. The van der Waals surface area contributed by atoms with E-state index in [9.17, 15) is 14.7 Å². The van der Waals surface area contributed by atoms with Crippen molar-refractivity contribution < 1.29 is 19.4 Å². The summed E-state index contributed by atoms with van der Waals surface area (Å²) in [5.41, 5.74) is -0.555. The van der Waals surface area contributed by atoms with Crippen LogP contribution in [-0.2, 0) is 9.53 Å². The van der Waals surface area contributed by atoms with E-state index in [0.717, 1.165) is 12.8 Å². The first-order chi connectivity index (χ1) is 7.79. The molecule has 1 unspecified atom stereocenters. The van der Waals surface area contributed by atoms with Crippen molar-refractivity contribution in [3.05, 3.63) is 0 Å². The molecule has 1 rings (SSSR count). The molecule has 1 fully saturated rings. The van der Waals surface area contributed by atoms with Gasteiger partial charge in [0.1, 0.15) is 5.60 Å². The number of amides is 1. The summed E-state index contributed by atoms with van der Waals surface area (Å²) in [5.74, 6) is -1.66. The Hall–Kier alpha value is -1.26. The van der Waals surface area contributed by atoms with Crippen molar-refractivity contribution in [2.45, 2.75) is 45.6 Å². The fraction of sp³-hybridized carbons (Fsp3) is 0.833. The molecule has 1 atom stereocenters. The van der Waals surface area contributed by atoms with Crippen LogP contribution in [0.3, 0.4) is 0 Å². The van der Waals surface area contributed by atoms with E-state index in [4.69, 9.17) is 4.74 Å². The van der Waals surface area contributed by atoms with Gasteiger partial charge in [0.25, 0.3) is 0 Å². The third-order valence-electron chi connectivity index (χ3n) is 2.66. The highest BCUT2D eigenvalue weighted by Gasteiger charge is 2.26. The lowest BCUT2D eigenvalue weighted by atomic mass is 10.0. The van der Waals surface area contributed by atoms with E-state index in [1.54, 1.807) is 20.8 Å². The molecule has 0 bridgehead atoms. The maximum atomic E-state index is 11.8. The number of carbonyl (C=O) groups excluding carboxylic acids is 2. The molecule has 1 amide bonds. The Morgan fingerprint density at radius 2 is 1.94 bits per heavy atom. The molecule has 0 aliphatic carbocycles. The topological polar surface area (TPSA) is 69.7 Å². The first-order valence-corrected chi connectivity index (χ1v) is 5.98. The Bertz CT molecular complexity index is 295. The van der Waals surface area contributed by atoms with E-state index in [0.29, 0.717) is 13.0 Å². The monoisotopic (exact) mass is 242 g/mol. The predicted octanol–water partition coefficient (Wildman–Crippen LogP) is 0.773. The van der Waals surface area contributed by atoms with E-state index < -0.39 is 23.6 Å². The highest BCUT2D eigenvalue weighted by molar-refractivity contribution is 5.71. The van der Waals surface area contributed by atoms with Gasteiger partial charge in [0.15, 0.2) is 0 Å². The van der Waals surface area contributed by atoms with Crippen molar-refractivity contribution in [1.82, 2.24) is 4.90 Å². The van der Waals surface area contributed by atoms with E-state index in [-0.39, 0.29) is 6.54 Å². The molecule has 1 saturated heterocycles. The van der Waals surface area contributed by atoms with Crippen LogP contribution in [0.1, 0.15) is 40.0 Å². The van der Waals surface area contributed by atoms with Gasteiger partial charge in [0.05, 0.1) is 0 Å². The smallest absolute Gasteiger partial charge is 0.410 e. The lowest BCUT2D eigenvalue weighted by Gasteiger charge is -2.28. The molecule has 0 aromatic carbocycles. The fourth-order valence-corrected chi connectivity index (χ4v) is 1.83. The Morgan fingerprint density at radius 1 is 1.29 bits per heavy atom. The molecule has 0 aromatic heterocycles. The van der Waals surface area contributed by atoms with Gasteiger partial charge in [-0.05, 0) is 33.6 Å². The summed E-state index contributed by atoms with van der Waals surface area (Å²) in [7, 11) is 0. The normalized spacial score (nSPS) is 21.8. The van der Waals surface area contributed by atoms with Crippen LogP contribution in [0.4, 0.5) is 4.79 Å². The van der Waals surface area contributed by atoms with Gasteiger partial charge in [-0.3, -0.25) is 0 Å². The van der Waals surface area contributed by atoms with Gasteiger partial charge in [0, 0.05) is 25.0 Å². The second kappa shape index (κ2) is 5.38. The Labute approximate surface area is 102 Å². The maximum absolute atomic E-state index is 11.8. The Kier molecular flexibility index (Phi) is 4.37. The number of likely N-dealkylation sites (tertiary alicyclic amines) is 1. The van der Waals surface area contributed by atoms with Gasteiger partial charge in [0.2, 0.25) is 0 Å². The largest absolute Gasteiger partial charge is 0.550 e. The third kappa shape index (κ3) is 4.63. The van der Waals surface area contributed by atoms with Gasteiger partial charge in [-0.15, -0.1) is 0 Å². The minimum Gasteiger partial charge on any atom is -0.550 e. The molecule has 1 heterocycles. The minimum absolute atomic E-state index is 0.192. The molecule has 98 valence electrons. The average Bonchev–Trinajstić information content (AvgIpc) is 2.39. The molecule has 1 aliphatic heterocycles. The van der Waals surface area contributed by atoms with Crippen molar-refractivity contribution in [3.63, 3.8) is 0 Å². The summed E-state index contributed by atoms with van der Waals surface area (Å²) in [4.78, 5) is 24.2. The minimum atomic E-state index is -1.08. The van der Waals surface area contributed by atoms with Crippen LogP contribution in [-0.4, -0.2) is 35.7 Å². The fourth-order valence-electron chi connectivity index (χ4n) is 1.83. The van der Waals surface area contributed by atoms with Crippen molar-refractivity contribution in [2.24, 2.45) is 5.92 Å². The quantitative estimate of drug-likeness (QED) is 0.681. The zero-order valence-corrected chi connectivity index (χ0v) is 10.7. The van der Waals surface area contributed by atoms with Crippen LogP contribution in [0.5, 0.6) is 0 Å². The number of carboxylic acid groups (broad SMARTS) is 1. The molecule has 17 heavy (non-hydrogen) atoms. The standard InChI is InChI=1S/C12H21NO4/c1-12(2,3)17-11(16)13-7-5-4-6-9(8-13)10(14)15/h9H,4-8H2,1-3H3,(H,14,15)/p-1. The number of ether oxygens (including phenoxy) is 1. The van der Waals surface area contributed by atoms with E-state index >= 15 is 0 Å². The lowest BCUT2D eigenvalue weighted by molar-refractivity contribution is -0.311. The van der Waals surface area contributed by atoms with E-state index in [1.165, 1.54) is 4.90 Å². The van der Waals surface area contributed by atoms with E-state index in [1.807, 2.05) is 0 Å². The van der Waals surface area contributed by atoms with Crippen LogP contribution < -0.4 is 5.11 Å². The van der Waals surface area contributed by atoms with Gasteiger partial charge >= 0.3 is 6.09 Å². The molecular weight excluding hydrogens is 222 g/mol. The molecule has 0 radical (unpaired) electrons. The number of carbonyl (C=O) groups is 2. The number of hydrogen-bond acceptors (Lipinski definition) is 4. The third-order valence-corrected chi connectivity index (χ3v) is 2.66. The summed E-state index contributed by atoms with van der Waals surface area (Å²) in [6.07, 6.45) is 1.74. The molecule has 0 saturated carbocycles. The molecule has 5 nitrogen and oxygen atoms in total. The number of nitrogens with zero attached hydrogens (tertiary/aromatic N) is 1. The van der Waals surface area contributed by atoms with Gasteiger partial charge in [-0.2, -0.15) is 0 Å². The van der Waals surface area contributed by atoms with Crippen molar-refractivity contribution in [1.29, 1.82) is 0 Å². The van der Waals surface area contributed by atoms with Crippen molar-refractivity contribution in [2.75, 3.05) is 13.1 Å². The zero-order valence-electron chi connectivity index (χ0n) is 10.7. The first-order valence-electron chi connectivity index (χ1n) is 5.98. The molecular formula is C12H20NO4-. The van der Waals surface area contributed by atoms with Gasteiger partial charge in [-0.1, -0.05) is 6.42 Å². The highest BCUT2D eigenvalue weighted by atomic mass is 16.6. The zero-order chi connectivity index (χ0) is 13.1. The van der Waals surface area contributed by atoms with Crippen molar-refractivity contribution in [3.8, 4) is 0 Å². The Morgan fingerprint density at radius 3 is 2.47 bits per heavy atom. The summed E-state index contributed by atoms with van der Waals surface area (Å²) >= 11 is 0. The predicted molar refractivity (Wildman–Crippen MR) is 60.2 cm³/mol. The first kappa shape index (κ1) is 13.8. The van der Waals surface area contributed by atoms with Crippen molar-refractivity contribution >= 4 is 12.1 Å².